The highest BCUT2D eigenvalue weighted by atomic mass is 16.3. The molecule has 1 aromatic heterocycles. The van der Waals surface area contributed by atoms with Gasteiger partial charge in [-0.15, -0.1) is 0 Å². The maximum absolute atomic E-state index is 12.7. The van der Waals surface area contributed by atoms with E-state index in [2.05, 4.69) is 22.1 Å². The van der Waals surface area contributed by atoms with E-state index in [0.29, 0.717) is 5.69 Å². The fraction of sp³-hybridized carbons (Fsp3) is 0.414. The van der Waals surface area contributed by atoms with E-state index in [1.165, 1.54) is 50.3 Å². The van der Waals surface area contributed by atoms with Crippen LogP contribution < -0.4 is 11.2 Å². The van der Waals surface area contributed by atoms with E-state index in [9.17, 15) is 14.7 Å². The first-order valence-electron chi connectivity index (χ1n) is 12.8. The number of para-hydroxylation sites is 1. The molecule has 0 atom stereocenters. The molecule has 1 heterocycles. The van der Waals surface area contributed by atoms with Gasteiger partial charge in [0.2, 0.25) is 5.88 Å². The smallest absolute Gasteiger partial charge is 0.335 e. The van der Waals surface area contributed by atoms with Gasteiger partial charge in [0.1, 0.15) is 5.56 Å². The fourth-order valence-electron chi connectivity index (χ4n) is 7.39. The summed E-state index contributed by atoms with van der Waals surface area (Å²) in [5, 5.41) is 11.0. The van der Waals surface area contributed by atoms with Crippen LogP contribution in [0.5, 0.6) is 5.88 Å². The van der Waals surface area contributed by atoms with E-state index in [1.54, 1.807) is 0 Å². The number of H-pyrrole nitrogens is 1. The largest absolute Gasteiger partial charge is 0.493 e. The Balaban J connectivity index is 1.35. The maximum Gasteiger partial charge on any atom is 0.335 e. The number of aryl methyl sites for hydroxylation is 1. The van der Waals surface area contributed by atoms with E-state index in [-0.39, 0.29) is 11.0 Å². The van der Waals surface area contributed by atoms with E-state index >= 15 is 0 Å². The number of aromatic nitrogens is 2. The number of aromatic hydroxyl groups is 1. The summed E-state index contributed by atoms with van der Waals surface area (Å²) in [5.74, 6) is 2.16. The standard InChI is InChI=1S/C29H31N3O3/c1-2-21-5-3-4-6-25(21)30-17-24-26(33)31-28(35)32(27(24)34)23-9-7-22(8-10-23)29-14-18-11-19(15-29)13-20(12-18)16-29/h3-10,17-20,34H,2,11-16H2,1H3,(H,31,33,35). The van der Waals surface area contributed by atoms with Crippen LogP contribution >= 0.6 is 0 Å². The van der Waals surface area contributed by atoms with Gasteiger partial charge in [0.15, 0.2) is 0 Å². The third kappa shape index (κ3) is 3.76. The molecule has 4 aliphatic rings. The van der Waals surface area contributed by atoms with Crippen molar-refractivity contribution in [1.29, 1.82) is 0 Å². The average molecular weight is 470 g/mol. The average Bonchev–Trinajstić information content (AvgIpc) is 2.83. The zero-order chi connectivity index (χ0) is 24.2. The van der Waals surface area contributed by atoms with Crippen molar-refractivity contribution in [2.45, 2.75) is 57.3 Å². The zero-order valence-corrected chi connectivity index (χ0v) is 20.0. The molecule has 6 nitrogen and oxygen atoms in total. The molecule has 0 amide bonds. The normalized spacial score (nSPS) is 27.1. The Morgan fingerprint density at radius 1 is 1.00 bits per heavy atom. The summed E-state index contributed by atoms with van der Waals surface area (Å²) in [6.45, 7) is 2.03. The Hall–Kier alpha value is -3.41. The van der Waals surface area contributed by atoms with Gasteiger partial charge in [-0.3, -0.25) is 14.8 Å². The summed E-state index contributed by atoms with van der Waals surface area (Å²) < 4.78 is 1.15. The Kier molecular flexibility index (Phi) is 5.28. The van der Waals surface area contributed by atoms with Crippen molar-refractivity contribution in [2.75, 3.05) is 0 Å². The second kappa shape index (κ2) is 8.36. The van der Waals surface area contributed by atoms with Gasteiger partial charge in [0.25, 0.3) is 5.56 Å². The van der Waals surface area contributed by atoms with Crippen LogP contribution in [0.15, 0.2) is 63.1 Å². The molecule has 35 heavy (non-hydrogen) atoms. The topological polar surface area (TPSA) is 87.4 Å². The molecule has 0 spiro atoms. The van der Waals surface area contributed by atoms with Crippen LogP contribution in [0.25, 0.3) is 5.69 Å². The second-order valence-electron chi connectivity index (χ2n) is 10.8. The molecule has 4 bridgehead atoms. The first kappa shape index (κ1) is 22.1. The van der Waals surface area contributed by atoms with Gasteiger partial charge >= 0.3 is 5.69 Å². The predicted molar refractivity (Wildman–Crippen MR) is 137 cm³/mol. The van der Waals surface area contributed by atoms with Gasteiger partial charge in [0, 0.05) is 6.21 Å². The summed E-state index contributed by atoms with van der Waals surface area (Å²) in [5.41, 5.74) is 2.53. The molecular formula is C29H31N3O3. The first-order chi connectivity index (χ1) is 17.0. The number of aliphatic imine (C=N–C) groups is 1. The highest BCUT2D eigenvalue weighted by Gasteiger charge is 2.51. The molecule has 3 aromatic rings. The second-order valence-corrected chi connectivity index (χ2v) is 10.8. The summed E-state index contributed by atoms with van der Waals surface area (Å²) in [7, 11) is 0. The lowest BCUT2D eigenvalue weighted by atomic mass is 9.48. The quantitative estimate of drug-likeness (QED) is 0.515. The summed E-state index contributed by atoms with van der Waals surface area (Å²) in [6, 6.07) is 15.7. The number of rotatable bonds is 5. The van der Waals surface area contributed by atoms with E-state index in [0.717, 1.165) is 40.0 Å². The predicted octanol–water partition coefficient (Wildman–Crippen LogP) is 5.01. The van der Waals surface area contributed by atoms with E-state index in [4.69, 9.17) is 0 Å². The van der Waals surface area contributed by atoms with Gasteiger partial charge in [-0.25, -0.2) is 9.36 Å². The molecule has 6 heteroatoms. The third-order valence-corrected chi connectivity index (χ3v) is 8.60. The SMILES string of the molecule is CCc1ccccc1N=Cc1c(O)n(-c2ccc(C34CC5CC(CC(C5)C3)C4)cc2)c(=O)[nH]c1=O. The van der Waals surface area contributed by atoms with Gasteiger partial charge in [0.05, 0.1) is 11.4 Å². The Morgan fingerprint density at radius 2 is 1.63 bits per heavy atom. The molecule has 0 radical (unpaired) electrons. The van der Waals surface area contributed by atoms with Crippen molar-refractivity contribution >= 4 is 11.9 Å². The highest BCUT2D eigenvalue weighted by Crippen LogP contribution is 2.60. The van der Waals surface area contributed by atoms with Crippen LogP contribution in [-0.2, 0) is 11.8 Å². The van der Waals surface area contributed by atoms with E-state index < -0.39 is 17.1 Å². The minimum atomic E-state index is -0.666. The highest BCUT2D eigenvalue weighted by molar-refractivity contribution is 5.84. The molecule has 180 valence electrons. The summed E-state index contributed by atoms with van der Waals surface area (Å²) >= 11 is 0. The summed E-state index contributed by atoms with van der Waals surface area (Å²) in [6.07, 6.45) is 10.1. The number of nitrogens with one attached hydrogen (secondary N) is 1. The van der Waals surface area contributed by atoms with Crippen LogP contribution in [0.2, 0.25) is 0 Å². The Morgan fingerprint density at radius 3 is 2.26 bits per heavy atom. The minimum absolute atomic E-state index is 0.0410. The van der Waals surface area contributed by atoms with Crippen LogP contribution in [-0.4, -0.2) is 20.9 Å². The van der Waals surface area contributed by atoms with Crippen LogP contribution in [0.3, 0.4) is 0 Å². The Labute approximate surface area is 204 Å². The number of aromatic amines is 1. The number of hydrogen-bond acceptors (Lipinski definition) is 4. The van der Waals surface area contributed by atoms with Crippen molar-refractivity contribution in [3.63, 3.8) is 0 Å². The van der Waals surface area contributed by atoms with E-state index in [1.807, 2.05) is 43.3 Å². The fourth-order valence-corrected chi connectivity index (χ4v) is 7.39. The van der Waals surface area contributed by atoms with Gasteiger partial charge in [-0.1, -0.05) is 37.3 Å². The molecular weight excluding hydrogens is 438 g/mol. The van der Waals surface area contributed by atoms with Crippen molar-refractivity contribution in [1.82, 2.24) is 9.55 Å². The molecule has 0 saturated heterocycles. The zero-order valence-electron chi connectivity index (χ0n) is 20.0. The molecule has 4 fully saturated rings. The lowest BCUT2D eigenvalue weighted by Crippen LogP contribution is -2.48. The monoisotopic (exact) mass is 469 g/mol. The number of nitrogens with zero attached hydrogens (tertiary/aromatic N) is 2. The van der Waals surface area contributed by atoms with Crippen molar-refractivity contribution in [2.24, 2.45) is 22.7 Å². The molecule has 4 saturated carbocycles. The molecule has 0 aliphatic heterocycles. The third-order valence-electron chi connectivity index (χ3n) is 8.60. The lowest BCUT2D eigenvalue weighted by molar-refractivity contribution is -0.00518. The van der Waals surface area contributed by atoms with Crippen LogP contribution in [0, 0.1) is 17.8 Å². The van der Waals surface area contributed by atoms with Crippen molar-refractivity contribution < 1.29 is 5.11 Å². The van der Waals surface area contributed by atoms with Crippen molar-refractivity contribution in [3.05, 3.63) is 86.1 Å². The van der Waals surface area contributed by atoms with Gasteiger partial charge in [-0.2, -0.15) is 0 Å². The minimum Gasteiger partial charge on any atom is -0.493 e. The summed E-state index contributed by atoms with van der Waals surface area (Å²) in [4.78, 5) is 32.0. The number of benzene rings is 2. The van der Waals surface area contributed by atoms with Crippen LogP contribution in [0.4, 0.5) is 5.69 Å². The molecule has 2 aromatic carbocycles. The lowest BCUT2D eigenvalue weighted by Gasteiger charge is -2.57. The van der Waals surface area contributed by atoms with Crippen molar-refractivity contribution in [3.8, 4) is 11.6 Å². The first-order valence-corrected chi connectivity index (χ1v) is 12.8. The van der Waals surface area contributed by atoms with Gasteiger partial charge < -0.3 is 5.11 Å². The maximum atomic E-state index is 12.7. The number of hydrogen-bond donors (Lipinski definition) is 2. The molecule has 0 unspecified atom stereocenters. The van der Waals surface area contributed by atoms with Gasteiger partial charge in [-0.05, 0) is 97.4 Å². The molecule has 2 N–H and O–H groups in total. The molecule has 4 aliphatic carbocycles. The molecule has 7 rings (SSSR count). The Bertz CT molecular complexity index is 1380. The van der Waals surface area contributed by atoms with Crippen LogP contribution in [0.1, 0.15) is 62.1 Å².